The van der Waals surface area contributed by atoms with Gasteiger partial charge in [0, 0.05) is 12.6 Å². The predicted molar refractivity (Wildman–Crippen MR) is 53.1 cm³/mol. The van der Waals surface area contributed by atoms with Gasteiger partial charge in [-0.15, -0.1) is 0 Å². The fourth-order valence-electron chi connectivity index (χ4n) is 1.81. The predicted octanol–water partition coefficient (Wildman–Crippen LogP) is 1.02. The van der Waals surface area contributed by atoms with Crippen LogP contribution < -0.4 is 10.6 Å². The monoisotopic (exact) mass is 198 g/mol. The molecular weight excluding hydrogens is 180 g/mol. The van der Waals surface area contributed by atoms with E-state index in [2.05, 4.69) is 10.6 Å². The van der Waals surface area contributed by atoms with Crippen molar-refractivity contribution in [1.29, 1.82) is 0 Å². The molecule has 1 heterocycles. The van der Waals surface area contributed by atoms with E-state index in [0.717, 1.165) is 25.9 Å². The summed E-state index contributed by atoms with van der Waals surface area (Å²) in [6, 6.07) is 0.364. The highest BCUT2D eigenvalue weighted by Crippen LogP contribution is 2.19. The Balaban J connectivity index is 1.75. The molecule has 1 aliphatic heterocycles. The fraction of sp³-hybridized carbons (Fsp3) is 0.900. The number of hydrogen-bond acceptors (Lipinski definition) is 2. The Labute approximate surface area is 84.4 Å². The summed E-state index contributed by atoms with van der Waals surface area (Å²) in [5.41, 5.74) is -0.159. The first kappa shape index (κ1) is 9.77. The summed E-state index contributed by atoms with van der Waals surface area (Å²) in [7, 11) is 0. The van der Waals surface area contributed by atoms with Gasteiger partial charge in [0.2, 0.25) is 0 Å². The molecule has 1 atom stereocenters. The second kappa shape index (κ2) is 3.77. The molecule has 0 aromatic carbocycles. The Kier molecular flexibility index (Phi) is 2.63. The maximum Gasteiger partial charge on any atom is 0.315 e. The van der Waals surface area contributed by atoms with Gasteiger partial charge in [-0.05, 0) is 32.6 Å². The summed E-state index contributed by atoms with van der Waals surface area (Å²) in [5.74, 6) is 0. The molecule has 2 aliphatic rings. The van der Waals surface area contributed by atoms with Crippen molar-refractivity contribution in [3.63, 3.8) is 0 Å². The Morgan fingerprint density at radius 3 is 2.79 bits per heavy atom. The molecule has 1 saturated heterocycles. The number of carbonyl (C=O) groups is 1. The third-order valence-corrected chi connectivity index (χ3v) is 3.07. The molecule has 0 spiro atoms. The van der Waals surface area contributed by atoms with Gasteiger partial charge in [-0.1, -0.05) is 0 Å². The van der Waals surface area contributed by atoms with Gasteiger partial charge in [0.25, 0.3) is 0 Å². The minimum atomic E-state index is -0.159. The van der Waals surface area contributed by atoms with Gasteiger partial charge in [-0.3, -0.25) is 0 Å². The number of carbonyl (C=O) groups excluding carboxylic acids is 1. The van der Waals surface area contributed by atoms with Crippen LogP contribution in [0.3, 0.4) is 0 Å². The first-order chi connectivity index (χ1) is 6.68. The number of hydrogen-bond donors (Lipinski definition) is 2. The molecule has 0 aromatic heterocycles. The average Bonchev–Trinajstić information content (AvgIpc) is 2.44. The van der Waals surface area contributed by atoms with E-state index in [4.69, 9.17) is 4.74 Å². The van der Waals surface area contributed by atoms with Crippen molar-refractivity contribution in [2.75, 3.05) is 13.2 Å². The molecule has 1 unspecified atom stereocenters. The van der Waals surface area contributed by atoms with Crippen LogP contribution in [0.4, 0.5) is 4.79 Å². The summed E-state index contributed by atoms with van der Waals surface area (Å²) in [4.78, 5) is 11.5. The highest BCUT2D eigenvalue weighted by molar-refractivity contribution is 5.75. The molecule has 4 heteroatoms. The van der Waals surface area contributed by atoms with Crippen LogP contribution in [-0.2, 0) is 4.74 Å². The zero-order valence-electron chi connectivity index (χ0n) is 8.64. The standard InChI is InChI=1S/C10H18N2O2/c1-10(5-6-14-7-10)12-9(13)11-8-3-2-4-8/h8H,2-7H2,1H3,(H2,11,12,13). The van der Waals surface area contributed by atoms with Crippen molar-refractivity contribution >= 4 is 6.03 Å². The molecule has 14 heavy (non-hydrogen) atoms. The molecular formula is C10H18N2O2. The van der Waals surface area contributed by atoms with Gasteiger partial charge in [-0.2, -0.15) is 0 Å². The van der Waals surface area contributed by atoms with E-state index in [1.165, 1.54) is 6.42 Å². The van der Waals surface area contributed by atoms with Gasteiger partial charge in [0.1, 0.15) is 0 Å². The maximum absolute atomic E-state index is 11.5. The Morgan fingerprint density at radius 2 is 2.29 bits per heavy atom. The summed E-state index contributed by atoms with van der Waals surface area (Å²) in [5, 5.41) is 5.94. The van der Waals surface area contributed by atoms with E-state index in [1.807, 2.05) is 6.92 Å². The molecule has 2 amide bonds. The average molecular weight is 198 g/mol. The summed E-state index contributed by atoms with van der Waals surface area (Å²) < 4.78 is 5.26. The molecule has 0 radical (unpaired) electrons. The van der Waals surface area contributed by atoms with Crippen molar-refractivity contribution in [2.24, 2.45) is 0 Å². The van der Waals surface area contributed by atoms with Crippen LogP contribution in [0.25, 0.3) is 0 Å². The first-order valence-electron chi connectivity index (χ1n) is 5.34. The smallest absolute Gasteiger partial charge is 0.315 e. The molecule has 2 rings (SSSR count). The zero-order valence-corrected chi connectivity index (χ0v) is 8.64. The van der Waals surface area contributed by atoms with Crippen LogP contribution >= 0.6 is 0 Å². The quantitative estimate of drug-likeness (QED) is 0.696. The van der Waals surface area contributed by atoms with Crippen LogP contribution in [0.5, 0.6) is 0 Å². The number of amides is 2. The van der Waals surface area contributed by atoms with Crippen LogP contribution in [0.15, 0.2) is 0 Å². The molecule has 1 saturated carbocycles. The van der Waals surface area contributed by atoms with Crippen LogP contribution in [0.2, 0.25) is 0 Å². The lowest BCUT2D eigenvalue weighted by Gasteiger charge is -2.29. The fourth-order valence-corrected chi connectivity index (χ4v) is 1.81. The minimum Gasteiger partial charge on any atom is -0.379 e. The van der Waals surface area contributed by atoms with Crippen molar-refractivity contribution in [3.05, 3.63) is 0 Å². The van der Waals surface area contributed by atoms with E-state index >= 15 is 0 Å². The molecule has 1 aliphatic carbocycles. The van der Waals surface area contributed by atoms with Crippen molar-refractivity contribution in [1.82, 2.24) is 10.6 Å². The highest BCUT2D eigenvalue weighted by atomic mass is 16.5. The van der Waals surface area contributed by atoms with Crippen LogP contribution in [-0.4, -0.2) is 30.8 Å². The van der Waals surface area contributed by atoms with E-state index in [0.29, 0.717) is 12.6 Å². The number of ether oxygens (including phenoxy) is 1. The molecule has 2 fully saturated rings. The third kappa shape index (κ3) is 2.18. The highest BCUT2D eigenvalue weighted by Gasteiger charge is 2.32. The third-order valence-electron chi connectivity index (χ3n) is 3.07. The van der Waals surface area contributed by atoms with Gasteiger partial charge >= 0.3 is 6.03 Å². The molecule has 4 nitrogen and oxygen atoms in total. The number of urea groups is 1. The van der Waals surface area contributed by atoms with Gasteiger partial charge in [0.15, 0.2) is 0 Å². The lowest BCUT2D eigenvalue weighted by Crippen LogP contribution is -2.53. The lowest BCUT2D eigenvalue weighted by molar-refractivity contribution is 0.169. The molecule has 80 valence electrons. The van der Waals surface area contributed by atoms with Gasteiger partial charge in [-0.25, -0.2) is 4.79 Å². The van der Waals surface area contributed by atoms with Crippen molar-refractivity contribution < 1.29 is 9.53 Å². The topological polar surface area (TPSA) is 50.4 Å². The van der Waals surface area contributed by atoms with E-state index in [-0.39, 0.29) is 11.6 Å². The summed E-state index contributed by atoms with van der Waals surface area (Å²) in [6.45, 7) is 3.41. The Bertz CT molecular complexity index is 220. The van der Waals surface area contributed by atoms with Crippen LogP contribution in [0, 0.1) is 0 Å². The second-order valence-electron chi connectivity index (χ2n) is 4.59. The Morgan fingerprint density at radius 1 is 1.50 bits per heavy atom. The maximum atomic E-state index is 11.5. The molecule has 2 N–H and O–H groups in total. The lowest BCUT2D eigenvalue weighted by atomic mass is 9.93. The second-order valence-corrected chi connectivity index (χ2v) is 4.59. The largest absolute Gasteiger partial charge is 0.379 e. The van der Waals surface area contributed by atoms with Crippen molar-refractivity contribution in [2.45, 2.75) is 44.2 Å². The van der Waals surface area contributed by atoms with Gasteiger partial charge < -0.3 is 15.4 Å². The first-order valence-corrected chi connectivity index (χ1v) is 5.34. The normalized spacial score (nSPS) is 32.4. The van der Waals surface area contributed by atoms with Crippen LogP contribution in [0.1, 0.15) is 32.6 Å². The SMILES string of the molecule is CC1(NC(=O)NC2CCC2)CCOC1. The van der Waals surface area contributed by atoms with E-state index in [1.54, 1.807) is 0 Å². The number of rotatable bonds is 2. The zero-order chi connectivity index (χ0) is 10.0. The molecule has 0 aromatic rings. The van der Waals surface area contributed by atoms with E-state index < -0.39 is 0 Å². The Hall–Kier alpha value is -0.770. The van der Waals surface area contributed by atoms with Crippen molar-refractivity contribution in [3.8, 4) is 0 Å². The molecule has 0 bridgehead atoms. The summed E-state index contributed by atoms with van der Waals surface area (Å²) in [6.07, 6.45) is 4.40. The summed E-state index contributed by atoms with van der Waals surface area (Å²) >= 11 is 0. The van der Waals surface area contributed by atoms with E-state index in [9.17, 15) is 4.79 Å². The minimum absolute atomic E-state index is 0.0392. The van der Waals surface area contributed by atoms with Gasteiger partial charge in [0.05, 0.1) is 12.1 Å². The number of nitrogens with one attached hydrogen (secondary N) is 2.